The van der Waals surface area contributed by atoms with Crippen molar-refractivity contribution in [2.24, 2.45) is 0 Å². The van der Waals surface area contributed by atoms with Gasteiger partial charge < -0.3 is 19.2 Å². The highest BCUT2D eigenvalue weighted by atomic mass is 16.5. The maximum Gasteiger partial charge on any atom is 0.274 e. The molecule has 1 amide bonds. The molecule has 0 radical (unpaired) electrons. The van der Waals surface area contributed by atoms with Crippen molar-refractivity contribution < 1.29 is 9.53 Å². The first-order chi connectivity index (χ1) is 18.6. The summed E-state index contributed by atoms with van der Waals surface area (Å²) in [6.07, 6.45) is 12.9. The van der Waals surface area contributed by atoms with Crippen molar-refractivity contribution in [2.45, 2.75) is 31.7 Å². The Kier molecular flexibility index (Phi) is 6.35. The molecule has 4 heterocycles. The molecule has 1 aromatic carbocycles. The molecular formula is C28H26N8O2. The van der Waals surface area contributed by atoms with Crippen molar-refractivity contribution in [3.63, 3.8) is 0 Å². The zero-order valence-electron chi connectivity index (χ0n) is 20.8. The lowest BCUT2D eigenvalue weighted by Crippen LogP contribution is -2.15. The standard InChI is InChI=1S/C28H26N8O2/c1-19(16-38-24-6-3-10-29-14-24)36-18-32-34-27(36)21-4-2-5-22(12-21)33-28(37)25-13-23(9-11-30-25)35-15-26(31-17-35)20-7-8-20/h2-6,9-15,17-20H,7-8,16H2,1H3,(H,33,37). The Morgan fingerprint density at radius 2 is 2.03 bits per heavy atom. The highest BCUT2D eigenvalue weighted by Crippen LogP contribution is 2.39. The van der Waals surface area contributed by atoms with Crippen molar-refractivity contribution in [1.82, 2.24) is 34.3 Å². The Morgan fingerprint density at radius 1 is 1.11 bits per heavy atom. The number of rotatable bonds is 9. The largest absolute Gasteiger partial charge is 0.490 e. The predicted molar refractivity (Wildman–Crippen MR) is 141 cm³/mol. The van der Waals surface area contributed by atoms with Gasteiger partial charge >= 0.3 is 0 Å². The lowest BCUT2D eigenvalue weighted by atomic mass is 10.1. The summed E-state index contributed by atoms with van der Waals surface area (Å²) in [5, 5.41) is 11.4. The number of anilines is 1. The highest BCUT2D eigenvalue weighted by Gasteiger charge is 2.26. The van der Waals surface area contributed by atoms with Crippen molar-refractivity contribution in [1.29, 1.82) is 0 Å². The summed E-state index contributed by atoms with van der Waals surface area (Å²) in [7, 11) is 0. The summed E-state index contributed by atoms with van der Waals surface area (Å²) in [6, 6.07) is 14.8. The molecule has 1 atom stereocenters. The molecule has 6 rings (SSSR count). The lowest BCUT2D eigenvalue weighted by Gasteiger charge is -2.16. The average molecular weight is 507 g/mol. The first-order valence-corrected chi connectivity index (χ1v) is 12.5. The number of ether oxygens (including phenoxy) is 1. The van der Waals surface area contributed by atoms with Gasteiger partial charge in [0.05, 0.1) is 29.9 Å². The number of carbonyl (C=O) groups is 1. The van der Waals surface area contributed by atoms with Crippen LogP contribution in [0.15, 0.2) is 86.0 Å². The van der Waals surface area contributed by atoms with Crippen LogP contribution in [0, 0.1) is 0 Å². The number of carbonyl (C=O) groups excluding carboxylic acids is 1. The third kappa shape index (κ3) is 5.15. The fraction of sp³-hybridized carbons (Fsp3) is 0.214. The summed E-state index contributed by atoms with van der Waals surface area (Å²) in [6.45, 7) is 2.45. The summed E-state index contributed by atoms with van der Waals surface area (Å²) in [4.78, 5) is 25.9. The van der Waals surface area contributed by atoms with Crippen molar-refractivity contribution >= 4 is 11.6 Å². The zero-order valence-corrected chi connectivity index (χ0v) is 20.8. The Bertz CT molecular complexity index is 1560. The fourth-order valence-corrected chi connectivity index (χ4v) is 4.21. The van der Waals surface area contributed by atoms with Crippen LogP contribution in [0.2, 0.25) is 0 Å². The molecule has 1 unspecified atom stereocenters. The van der Waals surface area contributed by atoms with Crippen LogP contribution in [0.4, 0.5) is 5.69 Å². The van der Waals surface area contributed by atoms with E-state index in [9.17, 15) is 4.79 Å². The molecule has 1 aliphatic rings. The van der Waals surface area contributed by atoms with Gasteiger partial charge in [-0.25, -0.2) is 4.98 Å². The van der Waals surface area contributed by atoms with Crippen LogP contribution in [0.25, 0.3) is 17.1 Å². The topological polar surface area (TPSA) is 113 Å². The molecule has 1 aliphatic carbocycles. The van der Waals surface area contributed by atoms with Gasteiger partial charge in [-0.05, 0) is 56.2 Å². The predicted octanol–water partition coefficient (Wildman–Crippen LogP) is 4.69. The van der Waals surface area contributed by atoms with Gasteiger partial charge in [0, 0.05) is 35.8 Å². The second kappa shape index (κ2) is 10.3. The van der Waals surface area contributed by atoms with Gasteiger partial charge in [-0.3, -0.25) is 14.8 Å². The van der Waals surface area contributed by atoms with Crippen LogP contribution in [-0.2, 0) is 0 Å². The van der Waals surface area contributed by atoms with Gasteiger partial charge in [0.1, 0.15) is 24.4 Å². The van der Waals surface area contributed by atoms with E-state index in [2.05, 4.69) is 30.5 Å². The third-order valence-electron chi connectivity index (χ3n) is 6.42. The van der Waals surface area contributed by atoms with Crippen LogP contribution in [-0.4, -0.2) is 46.8 Å². The van der Waals surface area contributed by atoms with E-state index < -0.39 is 0 Å². The number of imidazole rings is 1. The maximum absolute atomic E-state index is 13.1. The van der Waals surface area contributed by atoms with Crippen LogP contribution in [0.5, 0.6) is 5.75 Å². The van der Waals surface area contributed by atoms with Gasteiger partial charge in [-0.15, -0.1) is 10.2 Å². The quantitative estimate of drug-likeness (QED) is 0.309. The number of hydrogen-bond acceptors (Lipinski definition) is 7. The molecule has 190 valence electrons. The molecule has 1 fully saturated rings. The zero-order chi connectivity index (χ0) is 25.9. The lowest BCUT2D eigenvalue weighted by molar-refractivity contribution is 0.102. The van der Waals surface area contributed by atoms with E-state index in [-0.39, 0.29) is 11.9 Å². The van der Waals surface area contributed by atoms with Gasteiger partial charge in [-0.2, -0.15) is 0 Å². The first kappa shape index (κ1) is 23.5. The van der Waals surface area contributed by atoms with Gasteiger partial charge in [0.15, 0.2) is 5.82 Å². The van der Waals surface area contributed by atoms with Crippen molar-refractivity contribution in [2.75, 3.05) is 11.9 Å². The Labute approximate surface area is 219 Å². The van der Waals surface area contributed by atoms with Crippen molar-refractivity contribution in [3.8, 4) is 22.8 Å². The Hall–Kier alpha value is -4.86. The molecule has 10 nitrogen and oxygen atoms in total. The van der Waals surface area contributed by atoms with Crippen molar-refractivity contribution in [3.05, 3.63) is 97.4 Å². The van der Waals surface area contributed by atoms with E-state index in [0.717, 1.165) is 16.9 Å². The molecule has 5 aromatic rings. The number of nitrogens with one attached hydrogen (secondary N) is 1. The second-order valence-corrected chi connectivity index (χ2v) is 9.32. The van der Waals surface area contributed by atoms with Crippen LogP contribution in [0.1, 0.15) is 47.9 Å². The van der Waals surface area contributed by atoms with Crippen LogP contribution < -0.4 is 10.1 Å². The highest BCUT2D eigenvalue weighted by molar-refractivity contribution is 6.03. The number of amides is 1. The molecule has 0 spiro atoms. The number of benzene rings is 1. The van der Waals surface area contributed by atoms with Gasteiger partial charge in [0.2, 0.25) is 0 Å². The minimum absolute atomic E-state index is 0.0333. The monoisotopic (exact) mass is 506 g/mol. The molecule has 4 aromatic heterocycles. The van der Waals surface area contributed by atoms with Gasteiger partial charge in [0.25, 0.3) is 5.91 Å². The molecule has 1 N–H and O–H groups in total. The summed E-state index contributed by atoms with van der Waals surface area (Å²) < 4.78 is 9.73. The first-order valence-electron chi connectivity index (χ1n) is 12.5. The molecular weight excluding hydrogens is 480 g/mol. The normalized spacial score (nSPS) is 13.7. The molecule has 0 saturated heterocycles. The molecule has 0 aliphatic heterocycles. The Morgan fingerprint density at radius 3 is 2.87 bits per heavy atom. The fourth-order valence-electron chi connectivity index (χ4n) is 4.21. The summed E-state index contributed by atoms with van der Waals surface area (Å²) >= 11 is 0. The van der Waals surface area contributed by atoms with E-state index >= 15 is 0 Å². The average Bonchev–Trinajstić information content (AvgIpc) is 3.47. The summed E-state index contributed by atoms with van der Waals surface area (Å²) in [5.41, 5.74) is 3.71. The number of aromatic nitrogens is 7. The van der Waals surface area contributed by atoms with E-state index in [1.165, 1.54) is 12.8 Å². The van der Waals surface area contributed by atoms with E-state index in [4.69, 9.17) is 4.74 Å². The van der Waals surface area contributed by atoms with E-state index in [1.54, 1.807) is 37.3 Å². The summed E-state index contributed by atoms with van der Waals surface area (Å²) in [5.74, 6) is 1.64. The third-order valence-corrected chi connectivity index (χ3v) is 6.42. The molecule has 0 bridgehead atoms. The second-order valence-electron chi connectivity index (χ2n) is 9.32. The number of pyridine rings is 2. The molecule has 38 heavy (non-hydrogen) atoms. The number of nitrogens with zero attached hydrogens (tertiary/aromatic N) is 7. The van der Waals surface area contributed by atoms with E-state index in [0.29, 0.717) is 35.5 Å². The van der Waals surface area contributed by atoms with Crippen LogP contribution in [0.3, 0.4) is 0 Å². The Balaban J connectivity index is 1.16. The maximum atomic E-state index is 13.1. The van der Waals surface area contributed by atoms with Crippen LogP contribution >= 0.6 is 0 Å². The van der Waals surface area contributed by atoms with E-state index in [1.807, 2.05) is 64.7 Å². The molecule has 1 saturated carbocycles. The smallest absolute Gasteiger partial charge is 0.274 e. The minimum Gasteiger partial charge on any atom is -0.490 e. The minimum atomic E-state index is -0.300. The molecule has 10 heteroatoms. The van der Waals surface area contributed by atoms with Gasteiger partial charge in [-0.1, -0.05) is 12.1 Å². The SMILES string of the molecule is CC(COc1cccnc1)n1cnnc1-c1cccc(NC(=O)c2cc(-n3cnc(C4CC4)c3)ccn2)c1. The number of hydrogen-bond donors (Lipinski definition) is 1.